The second-order valence-corrected chi connectivity index (χ2v) is 5.07. The largest absolute Gasteiger partial charge is 0.351 e. The molecule has 0 saturated carbocycles. The Kier molecular flexibility index (Phi) is 3.40. The molecule has 0 N–H and O–H groups in total. The van der Waals surface area contributed by atoms with Crippen LogP contribution in [0.2, 0.25) is 0 Å². The third-order valence-corrected chi connectivity index (χ3v) is 3.67. The van der Waals surface area contributed by atoms with Crippen LogP contribution >= 0.6 is 0 Å². The fraction of sp³-hybridized carbons (Fsp3) is 0.111. The highest BCUT2D eigenvalue weighted by Crippen LogP contribution is 2.21. The molecular weight excluding hydrogens is 258 g/mol. The molecular formula is C18H17N3. The predicted octanol–water partition coefficient (Wildman–Crippen LogP) is 2.26. The van der Waals surface area contributed by atoms with Crippen LogP contribution in [0.5, 0.6) is 0 Å². The van der Waals surface area contributed by atoms with E-state index in [0.29, 0.717) is 0 Å². The lowest BCUT2D eigenvalue weighted by atomic mass is 10.0. The van der Waals surface area contributed by atoms with Gasteiger partial charge in [0.25, 0.3) is 0 Å². The van der Waals surface area contributed by atoms with E-state index in [-0.39, 0.29) is 0 Å². The highest BCUT2D eigenvalue weighted by Gasteiger charge is 2.03. The van der Waals surface area contributed by atoms with Gasteiger partial charge in [0.05, 0.1) is 11.0 Å². The van der Waals surface area contributed by atoms with E-state index in [0.717, 1.165) is 32.7 Å². The SMILES string of the molecule is C=c1/c(=C\C=C(/C)c2cccc3nccnc23)ccn1C. The van der Waals surface area contributed by atoms with Crippen LogP contribution in [0.1, 0.15) is 12.5 Å². The van der Waals surface area contributed by atoms with Gasteiger partial charge >= 0.3 is 0 Å². The molecule has 0 aliphatic heterocycles. The highest BCUT2D eigenvalue weighted by atomic mass is 14.9. The van der Waals surface area contributed by atoms with Crippen molar-refractivity contribution in [2.75, 3.05) is 0 Å². The Morgan fingerprint density at radius 2 is 2.00 bits per heavy atom. The minimum absolute atomic E-state index is 0.917. The second-order valence-electron chi connectivity index (χ2n) is 5.07. The lowest BCUT2D eigenvalue weighted by Crippen LogP contribution is -2.24. The molecule has 0 unspecified atom stereocenters. The van der Waals surface area contributed by atoms with Crippen molar-refractivity contribution in [2.45, 2.75) is 6.92 Å². The molecule has 21 heavy (non-hydrogen) atoms. The zero-order chi connectivity index (χ0) is 14.8. The molecule has 1 aromatic carbocycles. The normalized spacial score (nSPS) is 13.0. The third kappa shape index (κ3) is 2.50. The summed E-state index contributed by atoms with van der Waals surface area (Å²) in [4.78, 5) is 8.79. The van der Waals surface area contributed by atoms with E-state index < -0.39 is 0 Å². The molecule has 3 rings (SSSR count). The van der Waals surface area contributed by atoms with Crippen molar-refractivity contribution < 1.29 is 0 Å². The van der Waals surface area contributed by atoms with Gasteiger partial charge in [-0.3, -0.25) is 9.97 Å². The van der Waals surface area contributed by atoms with Crippen LogP contribution in [-0.4, -0.2) is 14.5 Å². The molecule has 0 atom stereocenters. The van der Waals surface area contributed by atoms with Crippen LogP contribution in [-0.2, 0) is 7.05 Å². The number of para-hydroxylation sites is 1. The molecule has 0 aliphatic rings. The van der Waals surface area contributed by atoms with Crippen LogP contribution in [0.3, 0.4) is 0 Å². The van der Waals surface area contributed by atoms with Crippen LogP contribution in [0, 0.1) is 0 Å². The highest BCUT2D eigenvalue weighted by molar-refractivity contribution is 5.89. The van der Waals surface area contributed by atoms with E-state index in [1.807, 2.05) is 29.9 Å². The van der Waals surface area contributed by atoms with E-state index in [4.69, 9.17) is 0 Å². The molecule has 0 saturated heterocycles. The molecule has 0 fully saturated rings. The van der Waals surface area contributed by atoms with E-state index in [9.17, 15) is 0 Å². The Morgan fingerprint density at radius 1 is 1.19 bits per heavy atom. The van der Waals surface area contributed by atoms with Gasteiger partial charge in [-0.2, -0.15) is 0 Å². The number of rotatable bonds is 2. The van der Waals surface area contributed by atoms with Crippen molar-refractivity contribution in [3.63, 3.8) is 0 Å². The molecule has 0 aliphatic carbocycles. The van der Waals surface area contributed by atoms with Crippen molar-refractivity contribution >= 4 is 29.3 Å². The molecule has 3 heteroatoms. The van der Waals surface area contributed by atoms with Gasteiger partial charge in [-0.15, -0.1) is 0 Å². The van der Waals surface area contributed by atoms with Crippen molar-refractivity contribution in [2.24, 2.45) is 7.05 Å². The van der Waals surface area contributed by atoms with Crippen molar-refractivity contribution in [1.29, 1.82) is 0 Å². The van der Waals surface area contributed by atoms with Gasteiger partial charge in [0.1, 0.15) is 0 Å². The number of nitrogens with zero attached hydrogens (tertiary/aromatic N) is 3. The summed E-state index contributed by atoms with van der Waals surface area (Å²) in [6.45, 7) is 6.15. The lowest BCUT2D eigenvalue weighted by Gasteiger charge is -2.04. The first-order chi connectivity index (χ1) is 10.2. The number of hydrogen-bond donors (Lipinski definition) is 0. The molecule has 104 valence electrons. The summed E-state index contributed by atoms with van der Waals surface area (Å²) in [7, 11) is 2.00. The minimum Gasteiger partial charge on any atom is -0.351 e. The van der Waals surface area contributed by atoms with Gasteiger partial charge in [0.15, 0.2) is 0 Å². The Labute approximate surface area is 123 Å². The first-order valence-corrected chi connectivity index (χ1v) is 6.86. The molecule has 2 heterocycles. The van der Waals surface area contributed by atoms with Crippen molar-refractivity contribution in [3.8, 4) is 0 Å². The summed E-state index contributed by atoms with van der Waals surface area (Å²) in [6, 6.07) is 8.13. The average molecular weight is 275 g/mol. The summed E-state index contributed by atoms with van der Waals surface area (Å²) in [5, 5.41) is 2.14. The minimum atomic E-state index is 0.917. The Bertz CT molecular complexity index is 927. The monoisotopic (exact) mass is 275 g/mol. The summed E-state index contributed by atoms with van der Waals surface area (Å²) in [5.74, 6) is 0. The third-order valence-electron chi connectivity index (χ3n) is 3.67. The molecule has 0 radical (unpaired) electrons. The number of aromatic nitrogens is 3. The second kappa shape index (κ2) is 5.37. The average Bonchev–Trinajstić information content (AvgIpc) is 2.84. The molecule has 3 aromatic rings. The van der Waals surface area contributed by atoms with Crippen molar-refractivity contribution in [3.05, 3.63) is 65.1 Å². The standard InChI is InChI=1S/C18H17N3/c1-13(7-8-15-9-12-21(3)14(15)2)16-5-4-6-17-18(16)20-11-10-19-17/h4-12H,2H2,1,3H3/b13-7+,15-8-. The van der Waals surface area contributed by atoms with Crippen LogP contribution in [0.25, 0.3) is 29.3 Å². The summed E-state index contributed by atoms with van der Waals surface area (Å²) in [6.07, 6.45) is 9.66. The predicted molar refractivity (Wildman–Crippen MR) is 87.8 cm³/mol. The molecule has 3 nitrogen and oxygen atoms in total. The Hall–Kier alpha value is -2.68. The van der Waals surface area contributed by atoms with E-state index >= 15 is 0 Å². The van der Waals surface area contributed by atoms with Gasteiger partial charge in [-0.25, -0.2) is 0 Å². The van der Waals surface area contributed by atoms with Gasteiger partial charge in [-0.1, -0.05) is 30.9 Å². The summed E-state index contributed by atoms with van der Waals surface area (Å²) < 4.78 is 2.01. The Morgan fingerprint density at radius 3 is 2.76 bits per heavy atom. The maximum absolute atomic E-state index is 4.45. The number of hydrogen-bond acceptors (Lipinski definition) is 2. The first-order valence-electron chi connectivity index (χ1n) is 6.86. The fourth-order valence-corrected chi connectivity index (χ4v) is 2.35. The Balaban J connectivity index is 2.11. The molecule has 2 aromatic heterocycles. The quantitative estimate of drug-likeness (QED) is 0.718. The van der Waals surface area contributed by atoms with Gasteiger partial charge in [0, 0.05) is 36.6 Å². The number of allylic oxidation sites excluding steroid dienone is 2. The zero-order valence-electron chi connectivity index (χ0n) is 12.2. The smallest absolute Gasteiger partial charge is 0.0961 e. The number of aryl methyl sites for hydroxylation is 1. The molecule has 0 bridgehead atoms. The van der Waals surface area contributed by atoms with Gasteiger partial charge in [0.2, 0.25) is 0 Å². The van der Waals surface area contributed by atoms with E-state index in [1.54, 1.807) is 12.4 Å². The summed E-state index contributed by atoms with van der Waals surface area (Å²) in [5.41, 5.74) is 4.12. The van der Waals surface area contributed by atoms with Gasteiger partial charge in [-0.05, 0) is 29.8 Å². The molecule has 0 amide bonds. The topological polar surface area (TPSA) is 30.7 Å². The lowest BCUT2D eigenvalue weighted by molar-refractivity contribution is 0.891. The summed E-state index contributed by atoms with van der Waals surface area (Å²) >= 11 is 0. The first kappa shape index (κ1) is 13.3. The number of fused-ring (bicyclic) bond motifs is 1. The number of benzene rings is 1. The van der Waals surface area contributed by atoms with Crippen LogP contribution in [0.15, 0.2) is 48.9 Å². The van der Waals surface area contributed by atoms with E-state index in [2.05, 4.69) is 47.8 Å². The maximum atomic E-state index is 4.45. The maximum Gasteiger partial charge on any atom is 0.0961 e. The molecule has 0 spiro atoms. The van der Waals surface area contributed by atoms with Gasteiger partial charge < -0.3 is 4.57 Å². The van der Waals surface area contributed by atoms with Crippen LogP contribution in [0.4, 0.5) is 0 Å². The van der Waals surface area contributed by atoms with Crippen LogP contribution < -0.4 is 10.6 Å². The zero-order valence-corrected chi connectivity index (χ0v) is 12.2. The van der Waals surface area contributed by atoms with Crippen molar-refractivity contribution in [1.82, 2.24) is 14.5 Å². The fourth-order valence-electron chi connectivity index (χ4n) is 2.35. The van der Waals surface area contributed by atoms with E-state index in [1.165, 1.54) is 0 Å².